The monoisotopic (exact) mass is 307 g/mol. The van der Waals surface area contributed by atoms with Crippen molar-refractivity contribution in [2.24, 2.45) is 4.99 Å². The SMILES string of the molecule is CC[Si](CC)(CC)c1cccc(F)c1C1=NC(C)(C)CO1. The zero-order valence-electron chi connectivity index (χ0n) is 13.8. The smallest absolute Gasteiger partial charge is 0.219 e. The van der Waals surface area contributed by atoms with Crippen molar-refractivity contribution in [1.82, 2.24) is 0 Å². The van der Waals surface area contributed by atoms with Crippen LogP contribution in [0.3, 0.4) is 0 Å². The molecule has 1 aliphatic heterocycles. The Bertz CT molecular complexity index is 541. The maximum absolute atomic E-state index is 14.6. The van der Waals surface area contributed by atoms with Crippen LogP contribution in [0.4, 0.5) is 4.39 Å². The molecule has 0 bridgehead atoms. The molecule has 0 fully saturated rings. The lowest BCUT2D eigenvalue weighted by Crippen LogP contribution is -2.48. The molecular weight excluding hydrogens is 281 g/mol. The first-order chi connectivity index (χ1) is 9.89. The van der Waals surface area contributed by atoms with Gasteiger partial charge in [-0.15, -0.1) is 0 Å². The van der Waals surface area contributed by atoms with Gasteiger partial charge < -0.3 is 4.74 Å². The first-order valence-corrected chi connectivity index (χ1v) is 10.5. The highest BCUT2D eigenvalue weighted by Crippen LogP contribution is 2.26. The summed E-state index contributed by atoms with van der Waals surface area (Å²) in [5.41, 5.74) is 0.365. The lowest BCUT2D eigenvalue weighted by Gasteiger charge is -2.30. The molecule has 0 aliphatic carbocycles. The number of hydrogen-bond donors (Lipinski definition) is 0. The van der Waals surface area contributed by atoms with E-state index in [9.17, 15) is 4.39 Å². The Balaban J connectivity index is 2.62. The highest BCUT2D eigenvalue weighted by atomic mass is 28.3. The van der Waals surface area contributed by atoms with Crippen LogP contribution in [0.2, 0.25) is 18.1 Å². The van der Waals surface area contributed by atoms with Gasteiger partial charge in [-0.05, 0) is 25.1 Å². The number of aliphatic imine (C=N–C) groups is 1. The van der Waals surface area contributed by atoms with E-state index in [-0.39, 0.29) is 11.4 Å². The second-order valence-electron chi connectivity index (χ2n) is 6.52. The number of benzene rings is 1. The van der Waals surface area contributed by atoms with Gasteiger partial charge in [0, 0.05) is 0 Å². The first kappa shape index (κ1) is 16.2. The highest BCUT2D eigenvalue weighted by molar-refractivity contribution is 6.92. The van der Waals surface area contributed by atoms with E-state index < -0.39 is 8.07 Å². The van der Waals surface area contributed by atoms with Gasteiger partial charge in [0.15, 0.2) is 0 Å². The molecule has 2 rings (SSSR count). The normalized spacial score (nSPS) is 17.5. The first-order valence-electron chi connectivity index (χ1n) is 7.91. The summed E-state index contributed by atoms with van der Waals surface area (Å²) in [6.45, 7) is 11.3. The van der Waals surface area contributed by atoms with Crippen molar-refractivity contribution in [3.8, 4) is 0 Å². The molecule has 0 atom stereocenters. The molecule has 0 radical (unpaired) electrons. The van der Waals surface area contributed by atoms with Gasteiger partial charge in [-0.2, -0.15) is 0 Å². The number of ether oxygens (including phenoxy) is 1. The minimum absolute atomic E-state index is 0.198. The van der Waals surface area contributed by atoms with Crippen molar-refractivity contribution in [1.29, 1.82) is 0 Å². The molecule has 0 spiro atoms. The predicted octanol–water partition coefficient (Wildman–Crippen LogP) is 4.10. The lowest BCUT2D eigenvalue weighted by atomic mass is 10.1. The molecule has 4 heteroatoms. The quantitative estimate of drug-likeness (QED) is 0.751. The third-order valence-electron chi connectivity index (χ3n) is 4.80. The minimum atomic E-state index is -1.68. The van der Waals surface area contributed by atoms with E-state index in [0.29, 0.717) is 18.1 Å². The number of rotatable bonds is 5. The molecule has 1 aromatic carbocycles. The van der Waals surface area contributed by atoms with Crippen molar-refractivity contribution < 1.29 is 9.13 Å². The van der Waals surface area contributed by atoms with Crippen LogP contribution in [0.15, 0.2) is 23.2 Å². The van der Waals surface area contributed by atoms with Crippen molar-refractivity contribution in [2.45, 2.75) is 58.3 Å². The van der Waals surface area contributed by atoms with Crippen molar-refractivity contribution in [3.63, 3.8) is 0 Å². The summed E-state index contributed by atoms with van der Waals surface area (Å²) in [5.74, 6) is 0.302. The Morgan fingerprint density at radius 2 is 1.81 bits per heavy atom. The number of nitrogens with zero attached hydrogens (tertiary/aromatic N) is 1. The molecule has 2 nitrogen and oxygen atoms in total. The van der Waals surface area contributed by atoms with E-state index in [1.807, 2.05) is 19.9 Å². The molecule has 0 aromatic heterocycles. The molecule has 1 aliphatic rings. The fraction of sp³-hybridized carbons (Fsp3) is 0.588. The number of hydrogen-bond acceptors (Lipinski definition) is 2. The summed E-state index contributed by atoms with van der Waals surface area (Å²) in [6, 6.07) is 8.80. The van der Waals surface area contributed by atoms with E-state index in [1.165, 1.54) is 11.3 Å². The van der Waals surface area contributed by atoms with Crippen LogP contribution in [-0.4, -0.2) is 26.1 Å². The van der Waals surface area contributed by atoms with Crippen LogP contribution in [0.5, 0.6) is 0 Å². The van der Waals surface area contributed by atoms with Crippen LogP contribution < -0.4 is 5.19 Å². The standard InChI is InChI=1S/C17H26FNOSi/c1-6-21(7-2,8-3)14-11-9-10-13(18)15(14)16-19-17(4,5)12-20-16/h9-11H,6-8,12H2,1-5H3. The van der Waals surface area contributed by atoms with E-state index >= 15 is 0 Å². The van der Waals surface area contributed by atoms with Gasteiger partial charge in [0.25, 0.3) is 0 Å². The third kappa shape index (κ3) is 2.91. The second-order valence-corrected chi connectivity index (χ2v) is 11.7. The lowest BCUT2D eigenvalue weighted by molar-refractivity contribution is 0.279. The fourth-order valence-corrected chi connectivity index (χ4v) is 7.07. The van der Waals surface area contributed by atoms with Crippen LogP contribution in [-0.2, 0) is 4.74 Å². The van der Waals surface area contributed by atoms with Crippen LogP contribution in [0.25, 0.3) is 0 Å². The Hall–Kier alpha value is -1.16. The Labute approximate surface area is 128 Å². The summed E-state index contributed by atoms with van der Waals surface area (Å²) < 4.78 is 20.3. The van der Waals surface area contributed by atoms with Gasteiger partial charge in [-0.1, -0.05) is 51.0 Å². The van der Waals surface area contributed by atoms with Crippen molar-refractivity contribution in [3.05, 3.63) is 29.6 Å². The largest absolute Gasteiger partial charge is 0.475 e. The molecule has 0 saturated carbocycles. The molecule has 21 heavy (non-hydrogen) atoms. The summed E-state index contributed by atoms with van der Waals surface area (Å²) in [7, 11) is -1.68. The summed E-state index contributed by atoms with van der Waals surface area (Å²) in [5, 5.41) is 1.17. The van der Waals surface area contributed by atoms with Gasteiger partial charge in [0.2, 0.25) is 5.90 Å². The third-order valence-corrected chi connectivity index (χ3v) is 10.4. The Kier molecular flexibility index (Phi) is 4.56. The minimum Gasteiger partial charge on any atom is -0.475 e. The van der Waals surface area contributed by atoms with E-state index in [2.05, 4.69) is 31.8 Å². The van der Waals surface area contributed by atoms with E-state index in [4.69, 9.17) is 4.74 Å². The van der Waals surface area contributed by atoms with Gasteiger partial charge >= 0.3 is 0 Å². The van der Waals surface area contributed by atoms with Crippen molar-refractivity contribution >= 4 is 19.2 Å². The zero-order valence-corrected chi connectivity index (χ0v) is 14.8. The fourth-order valence-electron chi connectivity index (χ4n) is 3.22. The maximum atomic E-state index is 14.6. The molecular formula is C17H26FNOSi. The van der Waals surface area contributed by atoms with E-state index in [1.54, 1.807) is 0 Å². The molecule has 0 unspecified atom stereocenters. The average molecular weight is 307 g/mol. The maximum Gasteiger partial charge on any atom is 0.219 e. The molecule has 0 N–H and O–H groups in total. The van der Waals surface area contributed by atoms with Gasteiger partial charge in [0.05, 0.1) is 19.2 Å². The van der Waals surface area contributed by atoms with Gasteiger partial charge in [-0.25, -0.2) is 9.38 Å². The van der Waals surface area contributed by atoms with Gasteiger partial charge in [-0.3, -0.25) is 0 Å². The molecule has 1 heterocycles. The van der Waals surface area contributed by atoms with E-state index in [0.717, 1.165) is 18.1 Å². The Morgan fingerprint density at radius 3 is 2.29 bits per heavy atom. The average Bonchev–Trinajstić information content (AvgIpc) is 2.81. The molecule has 1 aromatic rings. The van der Waals surface area contributed by atoms with Crippen LogP contribution in [0.1, 0.15) is 40.2 Å². The highest BCUT2D eigenvalue weighted by Gasteiger charge is 2.36. The van der Waals surface area contributed by atoms with Crippen LogP contribution in [0, 0.1) is 5.82 Å². The topological polar surface area (TPSA) is 21.6 Å². The zero-order chi connectivity index (χ0) is 15.7. The summed E-state index contributed by atoms with van der Waals surface area (Å²) in [4.78, 5) is 4.61. The molecule has 0 amide bonds. The Morgan fingerprint density at radius 1 is 1.19 bits per heavy atom. The second kappa shape index (κ2) is 5.91. The summed E-state index contributed by atoms with van der Waals surface area (Å²) >= 11 is 0. The number of halogens is 1. The predicted molar refractivity (Wildman–Crippen MR) is 89.8 cm³/mol. The van der Waals surface area contributed by atoms with Crippen LogP contribution >= 0.6 is 0 Å². The molecule has 116 valence electrons. The van der Waals surface area contributed by atoms with Gasteiger partial charge in [0.1, 0.15) is 12.4 Å². The molecule has 0 saturated heterocycles. The van der Waals surface area contributed by atoms with Crippen molar-refractivity contribution in [2.75, 3.05) is 6.61 Å². The summed E-state index contributed by atoms with van der Waals surface area (Å²) in [6.07, 6.45) is 0.